The maximum atomic E-state index is 12.4. The van der Waals surface area contributed by atoms with E-state index in [1.165, 1.54) is 0 Å². The van der Waals surface area contributed by atoms with Crippen LogP contribution in [0.2, 0.25) is 0 Å². The fourth-order valence-electron chi connectivity index (χ4n) is 3.04. The van der Waals surface area contributed by atoms with E-state index in [4.69, 9.17) is 4.74 Å². The van der Waals surface area contributed by atoms with Crippen LogP contribution in [0.4, 0.5) is 0 Å². The Morgan fingerprint density at radius 1 is 1.31 bits per heavy atom. The number of carbonyl (C=O) groups is 2. The van der Waals surface area contributed by atoms with E-state index < -0.39 is 0 Å². The first-order chi connectivity index (χ1) is 12.5. The standard InChI is InChI=1S/C19H26N4O3/c1-13(2)19(25)21-11-17-22-15-7-3-4-8-16(15)23(17)12-18(24)20-10-14-6-5-9-26-14/h3-4,7-8,13-14H,5-6,9-12H2,1-2H3,(H,20,24)(H,21,25). The number of benzene rings is 1. The summed E-state index contributed by atoms with van der Waals surface area (Å²) in [6.07, 6.45) is 2.15. The minimum absolute atomic E-state index is 0.0357. The highest BCUT2D eigenvalue weighted by Crippen LogP contribution is 2.16. The molecule has 7 nitrogen and oxygen atoms in total. The Bertz CT molecular complexity index is 778. The van der Waals surface area contributed by atoms with Gasteiger partial charge < -0.3 is 19.9 Å². The van der Waals surface area contributed by atoms with Gasteiger partial charge >= 0.3 is 0 Å². The van der Waals surface area contributed by atoms with Crippen molar-refractivity contribution in [2.75, 3.05) is 13.2 Å². The lowest BCUT2D eigenvalue weighted by Gasteiger charge is -2.13. The van der Waals surface area contributed by atoms with Gasteiger partial charge in [0.1, 0.15) is 12.4 Å². The monoisotopic (exact) mass is 358 g/mol. The summed E-state index contributed by atoms with van der Waals surface area (Å²) < 4.78 is 7.40. The summed E-state index contributed by atoms with van der Waals surface area (Å²) in [5.41, 5.74) is 1.70. The first kappa shape index (κ1) is 18.4. The van der Waals surface area contributed by atoms with Gasteiger partial charge in [0.15, 0.2) is 0 Å². The van der Waals surface area contributed by atoms with E-state index in [1.54, 1.807) is 0 Å². The number of amides is 2. The van der Waals surface area contributed by atoms with Gasteiger partial charge in [0.05, 0.1) is 23.7 Å². The van der Waals surface area contributed by atoms with Crippen molar-refractivity contribution in [3.8, 4) is 0 Å². The molecule has 7 heteroatoms. The second-order valence-corrected chi connectivity index (χ2v) is 6.91. The van der Waals surface area contributed by atoms with Crippen molar-refractivity contribution >= 4 is 22.8 Å². The topological polar surface area (TPSA) is 85.2 Å². The zero-order valence-corrected chi connectivity index (χ0v) is 15.3. The summed E-state index contributed by atoms with van der Waals surface area (Å²) in [6.45, 7) is 5.45. The molecule has 0 bridgehead atoms. The van der Waals surface area contributed by atoms with Crippen molar-refractivity contribution in [2.24, 2.45) is 5.92 Å². The van der Waals surface area contributed by atoms with Gasteiger partial charge in [0.2, 0.25) is 11.8 Å². The van der Waals surface area contributed by atoms with Crippen molar-refractivity contribution in [3.05, 3.63) is 30.1 Å². The number of para-hydroxylation sites is 2. The molecule has 1 saturated heterocycles. The lowest BCUT2D eigenvalue weighted by molar-refractivity contribution is -0.124. The van der Waals surface area contributed by atoms with Crippen LogP contribution in [0, 0.1) is 5.92 Å². The summed E-state index contributed by atoms with van der Waals surface area (Å²) in [4.78, 5) is 28.9. The maximum absolute atomic E-state index is 12.4. The Labute approximate surface area is 153 Å². The Morgan fingerprint density at radius 2 is 2.12 bits per heavy atom. The summed E-state index contributed by atoms with van der Waals surface area (Å²) in [5, 5.41) is 5.81. The van der Waals surface area contributed by atoms with Crippen molar-refractivity contribution in [3.63, 3.8) is 0 Å². The molecule has 0 spiro atoms. The Kier molecular flexibility index (Phi) is 5.88. The number of nitrogens with zero attached hydrogens (tertiary/aromatic N) is 2. The first-order valence-electron chi connectivity index (χ1n) is 9.14. The molecule has 2 N–H and O–H groups in total. The Hall–Kier alpha value is -2.41. The number of rotatable bonds is 7. The van der Waals surface area contributed by atoms with Gasteiger partial charge in [-0.3, -0.25) is 9.59 Å². The predicted molar refractivity (Wildman–Crippen MR) is 98.4 cm³/mol. The van der Waals surface area contributed by atoms with E-state index in [-0.39, 0.29) is 30.4 Å². The molecule has 3 rings (SSSR count). The summed E-state index contributed by atoms with van der Waals surface area (Å²) in [5.74, 6) is 0.460. The SMILES string of the molecule is CC(C)C(=O)NCc1nc2ccccc2n1CC(=O)NCC1CCCO1. The van der Waals surface area contributed by atoms with Gasteiger partial charge in [-0.25, -0.2) is 4.98 Å². The largest absolute Gasteiger partial charge is 0.376 e. The van der Waals surface area contributed by atoms with E-state index in [9.17, 15) is 9.59 Å². The molecule has 1 unspecified atom stereocenters. The van der Waals surface area contributed by atoms with Crippen molar-refractivity contribution < 1.29 is 14.3 Å². The first-order valence-corrected chi connectivity index (χ1v) is 9.14. The molecule has 1 aromatic heterocycles. The van der Waals surface area contributed by atoms with E-state index >= 15 is 0 Å². The van der Waals surface area contributed by atoms with Crippen LogP contribution in [-0.2, 0) is 27.4 Å². The zero-order valence-electron chi connectivity index (χ0n) is 15.3. The molecule has 140 valence electrons. The second-order valence-electron chi connectivity index (χ2n) is 6.91. The van der Waals surface area contributed by atoms with Crippen LogP contribution in [0.5, 0.6) is 0 Å². The van der Waals surface area contributed by atoms with Crippen molar-refractivity contribution in [2.45, 2.75) is 45.9 Å². The molecule has 1 aromatic carbocycles. The van der Waals surface area contributed by atoms with Crippen LogP contribution in [0.15, 0.2) is 24.3 Å². The summed E-state index contributed by atoms with van der Waals surface area (Å²) >= 11 is 0. The number of ether oxygens (including phenoxy) is 1. The van der Waals surface area contributed by atoms with Gasteiger partial charge in [-0.1, -0.05) is 26.0 Å². The molecule has 2 heterocycles. The summed E-state index contributed by atoms with van der Waals surface area (Å²) in [6, 6.07) is 7.67. The Balaban J connectivity index is 1.71. The highest BCUT2D eigenvalue weighted by atomic mass is 16.5. The molecule has 2 aromatic rings. The third kappa shape index (κ3) is 4.40. The van der Waals surface area contributed by atoms with Crippen LogP contribution in [-0.4, -0.2) is 40.6 Å². The van der Waals surface area contributed by atoms with Crippen LogP contribution < -0.4 is 10.6 Å². The van der Waals surface area contributed by atoms with E-state index in [1.807, 2.05) is 42.7 Å². The molecule has 0 aliphatic carbocycles. The number of fused-ring (bicyclic) bond motifs is 1. The van der Waals surface area contributed by atoms with E-state index in [0.29, 0.717) is 18.9 Å². The number of hydrogen-bond acceptors (Lipinski definition) is 4. The zero-order chi connectivity index (χ0) is 18.5. The average Bonchev–Trinajstić information content (AvgIpc) is 3.26. The molecule has 0 saturated carbocycles. The van der Waals surface area contributed by atoms with Crippen LogP contribution in [0.3, 0.4) is 0 Å². The smallest absolute Gasteiger partial charge is 0.240 e. The van der Waals surface area contributed by atoms with Gasteiger partial charge in [-0.15, -0.1) is 0 Å². The van der Waals surface area contributed by atoms with Crippen molar-refractivity contribution in [1.82, 2.24) is 20.2 Å². The minimum Gasteiger partial charge on any atom is -0.376 e. The van der Waals surface area contributed by atoms with Crippen LogP contribution >= 0.6 is 0 Å². The van der Waals surface area contributed by atoms with Crippen molar-refractivity contribution in [1.29, 1.82) is 0 Å². The fourth-order valence-corrected chi connectivity index (χ4v) is 3.04. The van der Waals surface area contributed by atoms with Crippen LogP contribution in [0.25, 0.3) is 11.0 Å². The molecule has 1 fully saturated rings. The molecule has 1 aliphatic rings. The summed E-state index contributed by atoms with van der Waals surface area (Å²) in [7, 11) is 0. The average molecular weight is 358 g/mol. The highest BCUT2D eigenvalue weighted by molar-refractivity contribution is 5.81. The van der Waals surface area contributed by atoms with Crippen LogP contribution in [0.1, 0.15) is 32.5 Å². The van der Waals surface area contributed by atoms with Gasteiger partial charge in [0.25, 0.3) is 0 Å². The lowest BCUT2D eigenvalue weighted by atomic mass is 10.2. The third-order valence-corrected chi connectivity index (χ3v) is 4.53. The maximum Gasteiger partial charge on any atom is 0.240 e. The molecule has 26 heavy (non-hydrogen) atoms. The predicted octanol–water partition coefficient (Wildman–Crippen LogP) is 1.60. The van der Waals surface area contributed by atoms with E-state index in [2.05, 4.69) is 15.6 Å². The number of aromatic nitrogens is 2. The normalized spacial score (nSPS) is 17.0. The molecular formula is C19H26N4O3. The fraction of sp³-hybridized carbons (Fsp3) is 0.526. The Morgan fingerprint density at radius 3 is 2.85 bits per heavy atom. The van der Waals surface area contributed by atoms with Gasteiger partial charge in [-0.05, 0) is 25.0 Å². The molecule has 1 aliphatic heterocycles. The highest BCUT2D eigenvalue weighted by Gasteiger charge is 2.18. The lowest BCUT2D eigenvalue weighted by Crippen LogP contribution is -2.35. The number of nitrogens with one attached hydrogen (secondary N) is 2. The molecule has 2 amide bonds. The van der Waals surface area contributed by atoms with Gasteiger partial charge in [0, 0.05) is 19.1 Å². The van der Waals surface area contributed by atoms with Gasteiger partial charge in [-0.2, -0.15) is 0 Å². The minimum atomic E-state index is -0.0949. The quantitative estimate of drug-likeness (QED) is 0.787. The third-order valence-electron chi connectivity index (χ3n) is 4.53. The molecule has 1 atom stereocenters. The number of hydrogen-bond donors (Lipinski definition) is 2. The number of carbonyl (C=O) groups excluding carboxylic acids is 2. The van der Waals surface area contributed by atoms with E-state index in [0.717, 1.165) is 30.5 Å². The molecular weight excluding hydrogens is 332 g/mol. The second kappa shape index (κ2) is 8.31. The molecule has 0 radical (unpaired) electrons. The number of imidazole rings is 1.